The molecule has 4 nitrogen and oxygen atoms in total. The zero-order valence-corrected chi connectivity index (χ0v) is 8.57. The molecular weight excluding hydrogens is 178 g/mol. The third-order valence-electron chi connectivity index (χ3n) is 2.63. The molecule has 0 aromatic carbocycles. The summed E-state index contributed by atoms with van der Waals surface area (Å²) in [5, 5.41) is 3.31. The maximum absolute atomic E-state index is 5.17. The van der Waals surface area contributed by atoms with Crippen LogP contribution in [-0.2, 0) is 0 Å². The van der Waals surface area contributed by atoms with Crippen LogP contribution in [0.5, 0.6) is 0 Å². The minimum atomic E-state index is 0.473. The van der Waals surface area contributed by atoms with Gasteiger partial charge >= 0.3 is 0 Å². The first-order valence-corrected chi connectivity index (χ1v) is 5.19. The Morgan fingerprint density at radius 1 is 1.57 bits per heavy atom. The molecule has 14 heavy (non-hydrogen) atoms. The zero-order valence-electron chi connectivity index (χ0n) is 8.57. The molecule has 2 rings (SSSR count). The van der Waals surface area contributed by atoms with E-state index in [1.54, 1.807) is 12.5 Å². The van der Waals surface area contributed by atoms with Gasteiger partial charge in [-0.25, -0.2) is 4.98 Å². The first kappa shape index (κ1) is 9.52. The van der Waals surface area contributed by atoms with Gasteiger partial charge < -0.3 is 14.6 Å². The summed E-state index contributed by atoms with van der Waals surface area (Å²) in [6.07, 6.45) is 7.04. The summed E-state index contributed by atoms with van der Waals surface area (Å²) in [5.74, 6) is 0. The third kappa shape index (κ3) is 2.48. The molecule has 0 spiro atoms. The zero-order chi connectivity index (χ0) is 9.80. The van der Waals surface area contributed by atoms with Crippen molar-refractivity contribution in [2.24, 2.45) is 0 Å². The number of likely N-dealkylation sites (N-methyl/N-ethyl adjacent to an activating group) is 1. The minimum Gasteiger partial charge on any atom is -0.432 e. The Morgan fingerprint density at radius 2 is 2.50 bits per heavy atom. The van der Waals surface area contributed by atoms with Crippen molar-refractivity contribution in [3.05, 3.63) is 12.5 Å². The Labute approximate surface area is 84.3 Å². The highest BCUT2D eigenvalue weighted by molar-refractivity contribution is 5.20. The highest BCUT2D eigenvalue weighted by Crippen LogP contribution is 2.13. The second-order valence-corrected chi connectivity index (χ2v) is 3.94. The van der Waals surface area contributed by atoms with Crippen LogP contribution in [0.1, 0.15) is 19.3 Å². The van der Waals surface area contributed by atoms with Gasteiger partial charge in [0.15, 0.2) is 0 Å². The van der Waals surface area contributed by atoms with Crippen LogP contribution >= 0.6 is 0 Å². The summed E-state index contributed by atoms with van der Waals surface area (Å²) in [4.78, 5) is 6.42. The fraction of sp³-hybridized carbons (Fsp3) is 0.700. The number of hydrogen-bond donors (Lipinski definition) is 1. The molecule has 78 valence electrons. The summed E-state index contributed by atoms with van der Waals surface area (Å²) in [6.45, 7) is 2.27. The largest absolute Gasteiger partial charge is 0.432 e. The van der Waals surface area contributed by atoms with Crippen molar-refractivity contribution in [2.75, 3.05) is 25.5 Å². The molecule has 4 heteroatoms. The lowest BCUT2D eigenvalue weighted by atomic mass is 10.1. The van der Waals surface area contributed by atoms with Crippen LogP contribution in [0.25, 0.3) is 0 Å². The van der Waals surface area contributed by atoms with Crippen LogP contribution in [0.3, 0.4) is 0 Å². The van der Waals surface area contributed by atoms with Crippen LogP contribution < -0.4 is 5.32 Å². The van der Waals surface area contributed by atoms with Gasteiger partial charge in [0.2, 0.25) is 0 Å². The van der Waals surface area contributed by atoms with E-state index in [9.17, 15) is 0 Å². The van der Waals surface area contributed by atoms with Gasteiger partial charge in [-0.2, -0.15) is 0 Å². The number of likely N-dealkylation sites (tertiary alicyclic amines) is 1. The van der Waals surface area contributed by atoms with Crippen LogP contribution in [0.2, 0.25) is 0 Å². The minimum absolute atomic E-state index is 0.473. The van der Waals surface area contributed by atoms with Crippen LogP contribution in [0.15, 0.2) is 16.9 Å². The Morgan fingerprint density at radius 3 is 3.29 bits per heavy atom. The number of anilines is 1. The monoisotopic (exact) mass is 195 g/mol. The molecule has 0 radical (unpaired) electrons. The smallest absolute Gasteiger partial charge is 0.294 e. The van der Waals surface area contributed by atoms with E-state index in [1.165, 1.54) is 25.8 Å². The SMILES string of the molecule is CN1CCCCC(Nc2ncco2)C1. The fourth-order valence-electron chi connectivity index (χ4n) is 1.92. The normalized spacial score (nSPS) is 24.5. The lowest BCUT2D eigenvalue weighted by Crippen LogP contribution is -2.32. The molecule has 1 fully saturated rings. The van der Waals surface area contributed by atoms with Gasteiger partial charge in [0.25, 0.3) is 6.01 Å². The summed E-state index contributed by atoms with van der Waals surface area (Å²) in [6, 6.07) is 1.12. The van der Waals surface area contributed by atoms with E-state index in [0.29, 0.717) is 12.1 Å². The number of rotatable bonds is 2. The van der Waals surface area contributed by atoms with E-state index in [1.807, 2.05) is 0 Å². The third-order valence-corrected chi connectivity index (χ3v) is 2.63. The average Bonchev–Trinajstić information content (AvgIpc) is 2.56. The molecule has 1 atom stereocenters. The first-order valence-electron chi connectivity index (χ1n) is 5.19. The summed E-state index contributed by atoms with van der Waals surface area (Å²) < 4.78 is 5.17. The van der Waals surface area contributed by atoms with Crippen molar-refractivity contribution in [3.8, 4) is 0 Å². The Kier molecular flexibility index (Phi) is 3.03. The fourth-order valence-corrected chi connectivity index (χ4v) is 1.92. The molecule has 1 aliphatic heterocycles. The molecule has 1 N–H and O–H groups in total. The second kappa shape index (κ2) is 4.46. The van der Waals surface area contributed by atoms with Gasteiger partial charge in [-0.15, -0.1) is 0 Å². The predicted octanol–water partition coefficient (Wildman–Crippen LogP) is 1.57. The Hall–Kier alpha value is -1.03. The molecule has 1 saturated heterocycles. The molecule has 1 aromatic heterocycles. The summed E-state index contributed by atoms with van der Waals surface area (Å²) in [5.41, 5.74) is 0. The van der Waals surface area contributed by atoms with E-state index in [4.69, 9.17) is 4.42 Å². The Balaban J connectivity index is 1.90. The summed E-state index contributed by atoms with van der Waals surface area (Å²) >= 11 is 0. The highest BCUT2D eigenvalue weighted by atomic mass is 16.4. The molecule has 0 amide bonds. The van der Waals surface area contributed by atoms with Crippen molar-refractivity contribution in [3.63, 3.8) is 0 Å². The molecule has 2 heterocycles. The van der Waals surface area contributed by atoms with E-state index in [0.717, 1.165) is 6.54 Å². The van der Waals surface area contributed by atoms with Crippen molar-refractivity contribution in [1.29, 1.82) is 0 Å². The average molecular weight is 195 g/mol. The van der Waals surface area contributed by atoms with Gasteiger partial charge in [0.1, 0.15) is 6.26 Å². The number of nitrogens with one attached hydrogen (secondary N) is 1. The first-order chi connectivity index (χ1) is 6.84. The maximum Gasteiger partial charge on any atom is 0.294 e. The van der Waals surface area contributed by atoms with E-state index >= 15 is 0 Å². The predicted molar refractivity (Wildman–Crippen MR) is 55.3 cm³/mol. The molecule has 1 aliphatic rings. The van der Waals surface area contributed by atoms with Crippen LogP contribution in [-0.4, -0.2) is 36.1 Å². The number of aromatic nitrogens is 1. The van der Waals surface area contributed by atoms with Crippen LogP contribution in [0.4, 0.5) is 6.01 Å². The second-order valence-electron chi connectivity index (χ2n) is 3.94. The quantitative estimate of drug-likeness (QED) is 0.777. The van der Waals surface area contributed by atoms with E-state index < -0.39 is 0 Å². The van der Waals surface area contributed by atoms with Crippen molar-refractivity contribution < 1.29 is 4.42 Å². The lowest BCUT2D eigenvalue weighted by Gasteiger charge is -2.19. The van der Waals surface area contributed by atoms with Crippen molar-refractivity contribution in [2.45, 2.75) is 25.3 Å². The number of nitrogens with zero attached hydrogens (tertiary/aromatic N) is 2. The topological polar surface area (TPSA) is 41.3 Å². The maximum atomic E-state index is 5.17. The van der Waals surface area contributed by atoms with Crippen molar-refractivity contribution in [1.82, 2.24) is 9.88 Å². The van der Waals surface area contributed by atoms with Gasteiger partial charge in [-0.1, -0.05) is 6.42 Å². The molecule has 0 aliphatic carbocycles. The number of oxazole rings is 1. The van der Waals surface area contributed by atoms with Gasteiger partial charge in [-0.05, 0) is 26.4 Å². The molecule has 1 unspecified atom stereocenters. The van der Waals surface area contributed by atoms with Crippen molar-refractivity contribution >= 4 is 6.01 Å². The van der Waals surface area contributed by atoms with Gasteiger partial charge in [0.05, 0.1) is 6.20 Å². The van der Waals surface area contributed by atoms with Crippen LogP contribution in [0, 0.1) is 0 Å². The molecule has 1 aromatic rings. The highest BCUT2D eigenvalue weighted by Gasteiger charge is 2.16. The Bertz CT molecular complexity index is 260. The standard InChI is InChI=1S/C10H17N3O/c1-13-6-3-2-4-9(8-13)12-10-11-5-7-14-10/h5,7,9H,2-4,6,8H2,1H3,(H,11,12). The van der Waals surface area contributed by atoms with Gasteiger partial charge in [0, 0.05) is 12.6 Å². The molecule has 0 saturated carbocycles. The number of hydrogen-bond acceptors (Lipinski definition) is 4. The lowest BCUT2D eigenvalue weighted by molar-refractivity contribution is 0.337. The van der Waals surface area contributed by atoms with E-state index in [-0.39, 0.29) is 0 Å². The molecule has 0 bridgehead atoms. The summed E-state index contributed by atoms with van der Waals surface area (Å²) in [7, 11) is 2.16. The van der Waals surface area contributed by atoms with E-state index in [2.05, 4.69) is 22.2 Å². The van der Waals surface area contributed by atoms with Gasteiger partial charge in [-0.3, -0.25) is 0 Å². The molecular formula is C10H17N3O.